The van der Waals surface area contributed by atoms with Crippen LogP contribution >= 0.6 is 23.2 Å². The van der Waals surface area contributed by atoms with E-state index in [9.17, 15) is 14.9 Å². The molecule has 0 amide bonds. The first-order valence-electron chi connectivity index (χ1n) is 4.87. The number of benzene rings is 1. The Morgan fingerprint density at radius 2 is 1.89 bits per heavy atom. The molecule has 0 N–H and O–H groups in total. The van der Waals surface area contributed by atoms with Crippen LogP contribution in [0.25, 0.3) is 0 Å². The molecule has 0 unspecified atom stereocenters. The quantitative estimate of drug-likeness (QED) is 0.482. The van der Waals surface area contributed by atoms with Crippen molar-refractivity contribution in [1.82, 2.24) is 0 Å². The molecule has 0 aliphatic carbocycles. The number of halogens is 2. The van der Waals surface area contributed by atoms with Crippen molar-refractivity contribution in [3.63, 3.8) is 0 Å². The zero-order chi connectivity index (χ0) is 14.0. The topological polar surface area (TPSA) is 82.6 Å². The van der Waals surface area contributed by atoms with Gasteiger partial charge in [0.25, 0.3) is 11.6 Å². The van der Waals surface area contributed by atoms with Crippen LogP contribution in [0.1, 0.15) is 10.6 Å². The first-order chi connectivity index (χ1) is 9.01. The summed E-state index contributed by atoms with van der Waals surface area (Å²) in [6.07, 6.45) is 0.506. The molecule has 98 valence electrons. The van der Waals surface area contributed by atoms with E-state index in [1.54, 1.807) is 0 Å². The van der Waals surface area contributed by atoms with Gasteiger partial charge in [0.05, 0.1) is 15.0 Å². The van der Waals surface area contributed by atoms with E-state index in [0.717, 1.165) is 12.1 Å². The molecule has 0 fully saturated rings. The van der Waals surface area contributed by atoms with E-state index in [1.165, 1.54) is 12.1 Å². The Hall–Kier alpha value is -2.05. The third-order valence-electron chi connectivity index (χ3n) is 2.11. The maximum absolute atomic E-state index is 10.6. The maximum Gasteiger partial charge on any atom is 0.290 e. The average Bonchev–Trinajstić information content (AvgIpc) is 2.81. The van der Waals surface area contributed by atoms with Crippen molar-refractivity contribution in [1.29, 1.82) is 0 Å². The highest BCUT2D eigenvalue weighted by Gasteiger charge is 2.17. The van der Waals surface area contributed by atoms with Gasteiger partial charge < -0.3 is 9.15 Å². The Labute approximate surface area is 116 Å². The maximum atomic E-state index is 10.6. The summed E-state index contributed by atoms with van der Waals surface area (Å²) in [7, 11) is 0. The summed E-state index contributed by atoms with van der Waals surface area (Å²) in [4.78, 5) is 20.4. The molecule has 2 aromatic rings. The highest BCUT2D eigenvalue weighted by atomic mass is 35.5. The number of hydrogen-bond acceptors (Lipinski definition) is 5. The summed E-state index contributed by atoms with van der Waals surface area (Å²) in [5.74, 6) is 0.0876. The standard InChI is InChI=1S/C11H5Cl2NO5/c12-8-3-6(14(16)17)4-9(13)11(8)19-10-2-1-7(5-15)18-10/h1-5H. The van der Waals surface area contributed by atoms with Crippen LogP contribution in [0.15, 0.2) is 28.7 Å². The van der Waals surface area contributed by atoms with E-state index < -0.39 is 4.92 Å². The Morgan fingerprint density at radius 1 is 1.26 bits per heavy atom. The Morgan fingerprint density at radius 3 is 2.37 bits per heavy atom. The van der Waals surface area contributed by atoms with E-state index >= 15 is 0 Å². The van der Waals surface area contributed by atoms with Crippen molar-refractivity contribution in [3.8, 4) is 11.7 Å². The van der Waals surface area contributed by atoms with Gasteiger partial charge in [-0.2, -0.15) is 0 Å². The fourth-order valence-electron chi connectivity index (χ4n) is 1.30. The van der Waals surface area contributed by atoms with Gasteiger partial charge in [-0.1, -0.05) is 23.2 Å². The highest BCUT2D eigenvalue weighted by molar-refractivity contribution is 6.37. The monoisotopic (exact) mass is 301 g/mol. The lowest BCUT2D eigenvalue weighted by Crippen LogP contribution is -1.91. The average molecular weight is 302 g/mol. The summed E-state index contributed by atoms with van der Waals surface area (Å²) >= 11 is 11.7. The van der Waals surface area contributed by atoms with Crippen LogP contribution in [0.4, 0.5) is 5.69 Å². The fraction of sp³-hybridized carbons (Fsp3) is 0. The number of ether oxygens (including phenoxy) is 1. The second-order valence-corrected chi connectivity index (χ2v) is 4.19. The van der Waals surface area contributed by atoms with E-state index in [4.69, 9.17) is 32.4 Å². The van der Waals surface area contributed by atoms with Gasteiger partial charge in [0.2, 0.25) is 0 Å². The Bertz CT molecular complexity index is 629. The van der Waals surface area contributed by atoms with Gasteiger partial charge in [-0.05, 0) is 6.07 Å². The van der Waals surface area contributed by atoms with Crippen LogP contribution in [0, 0.1) is 10.1 Å². The van der Waals surface area contributed by atoms with Crippen molar-refractivity contribution in [3.05, 3.63) is 50.2 Å². The molecule has 0 radical (unpaired) electrons. The van der Waals surface area contributed by atoms with Gasteiger partial charge in [0.1, 0.15) is 0 Å². The lowest BCUT2D eigenvalue weighted by Gasteiger charge is -2.06. The number of non-ortho nitro benzene ring substituents is 1. The second-order valence-electron chi connectivity index (χ2n) is 3.37. The molecule has 1 heterocycles. The molecule has 6 nitrogen and oxygen atoms in total. The lowest BCUT2D eigenvalue weighted by atomic mass is 10.3. The Balaban J connectivity index is 2.35. The number of carbonyl (C=O) groups excluding carboxylic acids is 1. The molecule has 8 heteroatoms. The zero-order valence-corrected chi connectivity index (χ0v) is 10.6. The third-order valence-corrected chi connectivity index (χ3v) is 2.68. The molecule has 0 aliphatic rings. The van der Waals surface area contributed by atoms with Crippen molar-refractivity contribution in [2.75, 3.05) is 0 Å². The van der Waals surface area contributed by atoms with E-state index in [2.05, 4.69) is 0 Å². The normalized spacial score (nSPS) is 10.2. The minimum Gasteiger partial charge on any atom is -0.423 e. The smallest absolute Gasteiger partial charge is 0.290 e. The minimum absolute atomic E-state index is 0.000229. The van der Waals surface area contributed by atoms with Gasteiger partial charge >= 0.3 is 0 Å². The van der Waals surface area contributed by atoms with Crippen LogP contribution < -0.4 is 4.74 Å². The number of nitro benzene ring substituents is 1. The van der Waals surface area contributed by atoms with Crippen LogP contribution in [0.2, 0.25) is 10.0 Å². The van der Waals surface area contributed by atoms with Gasteiger partial charge in [-0.25, -0.2) is 0 Å². The number of aldehydes is 1. The molecule has 0 atom stereocenters. The molecular weight excluding hydrogens is 297 g/mol. The van der Waals surface area contributed by atoms with Gasteiger partial charge in [0, 0.05) is 18.2 Å². The highest BCUT2D eigenvalue weighted by Crippen LogP contribution is 2.39. The van der Waals surface area contributed by atoms with Gasteiger partial charge in [-0.15, -0.1) is 0 Å². The predicted octanol–water partition coefficient (Wildman–Crippen LogP) is 4.10. The Kier molecular flexibility index (Phi) is 3.73. The summed E-state index contributed by atoms with van der Waals surface area (Å²) in [6.45, 7) is 0. The van der Waals surface area contributed by atoms with Crippen LogP contribution in [0.3, 0.4) is 0 Å². The van der Waals surface area contributed by atoms with E-state index in [1.807, 2.05) is 0 Å². The molecule has 0 saturated heterocycles. The fourth-order valence-corrected chi connectivity index (χ4v) is 1.86. The number of carbonyl (C=O) groups is 1. The number of nitrogens with zero attached hydrogens (tertiary/aromatic N) is 1. The minimum atomic E-state index is -0.626. The lowest BCUT2D eigenvalue weighted by molar-refractivity contribution is -0.384. The summed E-state index contributed by atoms with van der Waals surface area (Å²) in [5, 5.41) is 10.5. The van der Waals surface area contributed by atoms with Crippen molar-refractivity contribution < 1.29 is 18.9 Å². The molecule has 1 aromatic carbocycles. The molecular formula is C11H5Cl2NO5. The molecule has 2 rings (SSSR count). The molecule has 0 aliphatic heterocycles. The molecule has 1 aromatic heterocycles. The number of furan rings is 1. The molecule has 19 heavy (non-hydrogen) atoms. The second kappa shape index (κ2) is 5.29. The van der Waals surface area contributed by atoms with E-state index in [-0.39, 0.29) is 33.2 Å². The van der Waals surface area contributed by atoms with Gasteiger partial charge in [0.15, 0.2) is 17.8 Å². The SMILES string of the molecule is O=Cc1ccc(Oc2c(Cl)cc([N+](=O)[O-])cc2Cl)o1. The number of hydrogen-bond donors (Lipinski definition) is 0. The van der Waals surface area contributed by atoms with Crippen molar-refractivity contribution in [2.24, 2.45) is 0 Å². The third kappa shape index (κ3) is 2.86. The predicted molar refractivity (Wildman–Crippen MR) is 67.3 cm³/mol. The van der Waals surface area contributed by atoms with Crippen LogP contribution in [-0.4, -0.2) is 11.2 Å². The molecule has 0 bridgehead atoms. The summed E-state index contributed by atoms with van der Waals surface area (Å²) in [5.41, 5.74) is -0.254. The molecule has 0 spiro atoms. The number of nitro groups is 1. The van der Waals surface area contributed by atoms with Gasteiger partial charge in [-0.3, -0.25) is 14.9 Å². The number of rotatable bonds is 4. The largest absolute Gasteiger partial charge is 0.423 e. The summed E-state index contributed by atoms with van der Waals surface area (Å²) in [6, 6.07) is 5.01. The van der Waals surface area contributed by atoms with Crippen LogP contribution in [-0.2, 0) is 0 Å². The van der Waals surface area contributed by atoms with E-state index in [0.29, 0.717) is 6.29 Å². The van der Waals surface area contributed by atoms with Crippen molar-refractivity contribution in [2.45, 2.75) is 0 Å². The first-order valence-corrected chi connectivity index (χ1v) is 5.63. The summed E-state index contributed by atoms with van der Waals surface area (Å²) < 4.78 is 10.2. The van der Waals surface area contributed by atoms with Crippen LogP contribution in [0.5, 0.6) is 11.7 Å². The zero-order valence-electron chi connectivity index (χ0n) is 9.13. The van der Waals surface area contributed by atoms with Crippen molar-refractivity contribution >= 4 is 35.2 Å². The first kappa shape index (κ1) is 13.4. The molecule has 0 saturated carbocycles.